The predicted molar refractivity (Wildman–Crippen MR) is 112 cm³/mol. The van der Waals surface area contributed by atoms with Crippen LogP contribution in [-0.2, 0) is 16.0 Å². The van der Waals surface area contributed by atoms with Crippen LogP contribution in [-0.4, -0.2) is 25.0 Å². The molecule has 0 bridgehead atoms. The third kappa shape index (κ3) is 5.04. The number of carbonyl (C=O) groups is 2. The van der Waals surface area contributed by atoms with Crippen LogP contribution in [0, 0.1) is 5.92 Å². The molecule has 1 aliphatic heterocycles. The van der Waals surface area contributed by atoms with E-state index in [9.17, 15) is 9.59 Å². The maximum absolute atomic E-state index is 12.3. The van der Waals surface area contributed by atoms with Gasteiger partial charge in [-0.3, -0.25) is 9.59 Å². The summed E-state index contributed by atoms with van der Waals surface area (Å²) in [5.74, 6) is 0.917. The Labute approximate surface area is 170 Å². The summed E-state index contributed by atoms with van der Waals surface area (Å²) < 4.78 is 5.47. The summed E-state index contributed by atoms with van der Waals surface area (Å²) in [6, 6.07) is 12.7. The molecule has 0 saturated heterocycles. The van der Waals surface area contributed by atoms with E-state index < -0.39 is 0 Å². The number of hydrogen-bond acceptors (Lipinski definition) is 3. The van der Waals surface area contributed by atoms with E-state index >= 15 is 0 Å². The van der Waals surface area contributed by atoms with Crippen molar-refractivity contribution in [3.63, 3.8) is 0 Å². The maximum atomic E-state index is 12.3. The molecule has 2 amide bonds. The van der Waals surface area contributed by atoms with Gasteiger partial charge < -0.3 is 15.0 Å². The number of hydrogen-bond donors (Lipinski definition) is 1. The van der Waals surface area contributed by atoms with Gasteiger partial charge in [0.25, 0.3) is 5.91 Å². The fraction of sp³-hybridized carbons (Fsp3) is 0.364. The van der Waals surface area contributed by atoms with Gasteiger partial charge in [0, 0.05) is 24.3 Å². The SMILES string of the molecule is CC(C)CCN1C(=O)CCc2cc(NC(=O)COc3ccccc3Cl)ccc21. The summed E-state index contributed by atoms with van der Waals surface area (Å²) in [6.07, 6.45) is 2.15. The van der Waals surface area contributed by atoms with Crippen LogP contribution in [0.15, 0.2) is 42.5 Å². The highest BCUT2D eigenvalue weighted by Gasteiger charge is 2.24. The summed E-state index contributed by atoms with van der Waals surface area (Å²) in [5, 5.41) is 3.32. The molecule has 0 atom stereocenters. The van der Waals surface area contributed by atoms with Crippen molar-refractivity contribution in [3.8, 4) is 5.75 Å². The first-order valence-electron chi connectivity index (χ1n) is 9.54. The Hall–Kier alpha value is -2.53. The Balaban J connectivity index is 1.64. The van der Waals surface area contributed by atoms with Crippen molar-refractivity contribution in [1.29, 1.82) is 0 Å². The molecule has 148 valence electrons. The van der Waals surface area contributed by atoms with Crippen LogP contribution in [0.3, 0.4) is 0 Å². The molecule has 0 aliphatic carbocycles. The molecule has 2 aromatic carbocycles. The molecule has 1 N–H and O–H groups in total. The van der Waals surface area contributed by atoms with Gasteiger partial charge in [0.1, 0.15) is 5.75 Å². The Morgan fingerprint density at radius 2 is 2.00 bits per heavy atom. The minimum absolute atomic E-state index is 0.125. The predicted octanol–water partition coefficient (Wildman–Crippen LogP) is 4.68. The van der Waals surface area contributed by atoms with Gasteiger partial charge in [0.2, 0.25) is 5.91 Å². The average molecular weight is 401 g/mol. The second-order valence-electron chi connectivity index (χ2n) is 7.34. The normalized spacial score (nSPS) is 13.4. The Morgan fingerprint density at radius 1 is 1.21 bits per heavy atom. The Kier molecular flexibility index (Phi) is 6.57. The molecule has 3 rings (SSSR count). The lowest BCUT2D eigenvalue weighted by atomic mass is 9.99. The monoisotopic (exact) mass is 400 g/mol. The lowest BCUT2D eigenvalue weighted by Gasteiger charge is -2.30. The van der Waals surface area contributed by atoms with Crippen LogP contribution in [0.5, 0.6) is 5.75 Å². The third-order valence-electron chi connectivity index (χ3n) is 4.69. The average Bonchev–Trinajstić information content (AvgIpc) is 2.66. The van der Waals surface area contributed by atoms with Crippen molar-refractivity contribution in [2.75, 3.05) is 23.4 Å². The molecule has 1 heterocycles. The summed E-state index contributed by atoms with van der Waals surface area (Å²) in [6.45, 7) is 4.90. The zero-order valence-electron chi connectivity index (χ0n) is 16.2. The zero-order chi connectivity index (χ0) is 20.1. The van der Waals surface area contributed by atoms with Gasteiger partial charge in [-0.2, -0.15) is 0 Å². The number of nitrogens with one attached hydrogen (secondary N) is 1. The van der Waals surface area contributed by atoms with Crippen LogP contribution in [0.4, 0.5) is 11.4 Å². The number of halogens is 1. The van der Waals surface area contributed by atoms with E-state index in [0.717, 1.165) is 24.2 Å². The van der Waals surface area contributed by atoms with Crippen molar-refractivity contribution in [1.82, 2.24) is 0 Å². The number of fused-ring (bicyclic) bond motifs is 1. The van der Waals surface area contributed by atoms with Crippen LogP contribution >= 0.6 is 11.6 Å². The summed E-state index contributed by atoms with van der Waals surface area (Å²) in [7, 11) is 0. The third-order valence-corrected chi connectivity index (χ3v) is 5.00. The molecule has 0 saturated carbocycles. The van der Waals surface area contributed by atoms with Crippen molar-refractivity contribution < 1.29 is 14.3 Å². The van der Waals surface area contributed by atoms with Gasteiger partial charge in [-0.05, 0) is 54.7 Å². The molecule has 0 fully saturated rings. The molecule has 0 unspecified atom stereocenters. The first-order valence-corrected chi connectivity index (χ1v) is 9.92. The lowest BCUT2D eigenvalue weighted by molar-refractivity contribution is -0.119. The quantitative estimate of drug-likeness (QED) is 0.733. The number of benzene rings is 2. The van der Waals surface area contributed by atoms with Crippen molar-refractivity contribution >= 4 is 34.8 Å². The maximum Gasteiger partial charge on any atom is 0.262 e. The van der Waals surface area contributed by atoms with Crippen molar-refractivity contribution in [2.24, 2.45) is 5.92 Å². The molecule has 0 aromatic heterocycles. The molecule has 0 radical (unpaired) electrons. The number of para-hydroxylation sites is 1. The number of anilines is 2. The van der Waals surface area contributed by atoms with Gasteiger partial charge in [-0.1, -0.05) is 37.6 Å². The van der Waals surface area contributed by atoms with E-state index in [1.807, 2.05) is 23.1 Å². The van der Waals surface area contributed by atoms with Crippen LogP contribution < -0.4 is 15.0 Å². The molecule has 0 spiro atoms. The van der Waals surface area contributed by atoms with E-state index in [-0.39, 0.29) is 18.4 Å². The highest BCUT2D eigenvalue weighted by molar-refractivity contribution is 6.32. The second kappa shape index (κ2) is 9.11. The highest BCUT2D eigenvalue weighted by atomic mass is 35.5. The highest BCUT2D eigenvalue weighted by Crippen LogP contribution is 2.31. The van der Waals surface area contributed by atoms with Crippen molar-refractivity contribution in [3.05, 3.63) is 53.1 Å². The lowest BCUT2D eigenvalue weighted by Crippen LogP contribution is -2.36. The molecule has 5 nitrogen and oxygen atoms in total. The molecule has 28 heavy (non-hydrogen) atoms. The molecule has 6 heteroatoms. The first kappa shape index (κ1) is 20.2. The molecular weight excluding hydrogens is 376 g/mol. The largest absolute Gasteiger partial charge is 0.482 e. The summed E-state index contributed by atoms with van der Waals surface area (Å²) >= 11 is 6.03. The van der Waals surface area contributed by atoms with Crippen LogP contribution in [0.1, 0.15) is 32.3 Å². The van der Waals surface area contributed by atoms with Gasteiger partial charge in [-0.15, -0.1) is 0 Å². The van der Waals surface area contributed by atoms with E-state index in [1.165, 1.54) is 0 Å². The number of rotatable bonds is 7. The van der Waals surface area contributed by atoms with Crippen LogP contribution in [0.2, 0.25) is 5.02 Å². The molecular formula is C22H25ClN2O3. The smallest absolute Gasteiger partial charge is 0.262 e. The fourth-order valence-electron chi connectivity index (χ4n) is 3.17. The summed E-state index contributed by atoms with van der Waals surface area (Å²) in [4.78, 5) is 26.4. The minimum atomic E-state index is -0.261. The van der Waals surface area contributed by atoms with Gasteiger partial charge >= 0.3 is 0 Å². The molecule has 2 aromatic rings. The molecule has 1 aliphatic rings. The minimum Gasteiger partial charge on any atom is -0.482 e. The van der Waals surface area contributed by atoms with E-state index in [0.29, 0.717) is 35.2 Å². The summed E-state index contributed by atoms with van der Waals surface area (Å²) in [5.41, 5.74) is 2.72. The van der Waals surface area contributed by atoms with Crippen LogP contribution in [0.25, 0.3) is 0 Å². The van der Waals surface area contributed by atoms with Gasteiger partial charge in [0.15, 0.2) is 6.61 Å². The topological polar surface area (TPSA) is 58.6 Å². The van der Waals surface area contributed by atoms with Gasteiger partial charge in [0.05, 0.1) is 5.02 Å². The first-order chi connectivity index (χ1) is 13.4. The number of carbonyl (C=O) groups excluding carboxylic acids is 2. The number of amides is 2. The van der Waals surface area contributed by atoms with E-state index in [4.69, 9.17) is 16.3 Å². The van der Waals surface area contributed by atoms with E-state index in [1.54, 1.807) is 24.3 Å². The number of aryl methyl sites for hydroxylation is 1. The number of nitrogens with zero attached hydrogens (tertiary/aromatic N) is 1. The Bertz CT molecular complexity index is 867. The standard InChI is InChI=1S/C22H25ClN2O3/c1-15(2)11-12-25-19-9-8-17(13-16(19)7-10-22(25)27)24-21(26)14-28-20-6-4-3-5-18(20)23/h3-6,8-9,13,15H,7,10-12,14H2,1-2H3,(H,24,26). The zero-order valence-corrected chi connectivity index (χ0v) is 17.0. The fourth-order valence-corrected chi connectivity index (χ4v) is 3.36. The van der Waals surface area contributed by atoms with Crippen molar-refractivity contribution in [2.45, 2.75) is 33.1 Å². The van der Waals surface area contributed by atoms with Gasteiger partial charge in [-0.25, -0.2) is 0 Å². The second-order valence-corrected chi connectivity index (χ2v) is 7.75. The number of ether oxygens (including phenoxy) is 1. The Morgan fingerprint density at radius 3 is 2.75 bits per heavy atom. The van der Waals surface area contributed by atoms with E-state index in [2.05, 4.69) is 19.2 Å².